The number of anilines is 1. The van der Waals surface area contributed by atoms with Crippen molar-refractivity contribution in [3.05, 3.63) is 29.8 Å². The molecular formula is C15H24N2O2. The van der Waals surface area contributed by atoms with Crippen LogP contribution in [0, 0.1) is 0 Å². The molecule has 2 N–H and O–H groups in total. The topological polar surface area (TPSA) is 50.4 Å². The molecule has 1 rings (SSSR count). The van der Waals surface area contributed by atoms with E-state index >= 15 is 0 Å². The van der Waals surface area contributed by atoms with E-state index in [1.54, 1.807) is 14.0 Å². The molecule has 2 unspecified atom stereocenters. The minimum atomic E-state index is -0.787. The molecule has 0 radical (unpaired) electrons. The van der Waals surface area contributed by atoms with Crippen LogP contribution in [0.15, 0.2) is 24.3 Å². The number of methoxy groups -OCH3 is 1. The average Bonchev–Trinajstić information content (AvgIpc) is 2.45. The maximum absolute atomic E-state index is 12.2. The number of amides is 1. The average molecular weight is 264 g/mol. The molecule has 0 aliphatic heterocycles. The van der Waals surface area contributed by atoms with Gasteiger partial charge in [0.05, 0.1) is 0 Å². The smallest absolute Gasteiger partial charge is 0.256 e. The molecule has 4 heteroatoms. The Kier molecular flexibility index (Phi) is 5.51. The monoisotopic (exact) mass is 264 g/mol. The van der Waals surface area contributed by atoms with Gasteiger partial charge in [-0.1, -0.05) is 19.1 Å². The summed E-state index contributed by atoms with van der Waals surface area (Å²) in [5.41, 5.74) is 1.14. The minimum Gasteiger partial charge on any atom is -0.369 e. The zero-order valence-corrected chi connectivity index (χ0v) is 12.4. The van der Waals surface area contributed by atoms with Crippen LogP contribution in [0.1, 0.15) is 38.8 Å². The fourth-order valence-electron chi connectivity index (χ4n) is 1.71. The number of hydrogen-bond donors (Lipinski definition) is 2. The number of hydrogen-bond acceptors (Lipinski definition) is 3. The van der Waals surface area contributed by atoms with Crippen LogP contribution in [0.5, 0.6) is 0 Å². The molecule has 0 aromatic heterocycles. The molecule has 0 spiro atoms. The highest BCUT2D eigenvalue weighted by Crippen LogP contribution is 2.20. The number of carbonyl (C=O) groups excluding carboxylic acids is 1. The minimum absolute atomic E-state index is 0.119. The van der Waals surface area contributed by atoms with E-state index in [4.69, 9.17) is 4.74 Å². The summed E-state index contributed by atoms with van der Waals surface area (Å²) in [5, 5.41) is 6.09. The molecule has 0 bridgehead atoms. The Morgan fingerprint density at radius 2 is 2.16 bits per heavy atom. The van der Waals surface area contributed by atoms with E-state index in [9.17, 15) is 4.79 Å². The molecule has 0 saturated carbocycles. The first-order valence-electron chi connectivity index (χ1n) is 6.60. The van der Waals surface area contributed by atoms with Crippen LogP contribution in [-0.2, 0) is 9.53 Å². The lowest BCUT2D eigenvalue weighted by Crippen LogP contribution is -2.41. The van der Waals surface area contributed by atoms with Crippen LogP contribution in [0.25, 0.3) is 0 Å². The van der Waals surface area contributed by atoms with E-state index < -0.39 is 5.60 Å². The van der Waals surface area contributed by atoms with Gasteiger partial charge >= 0.3 is 0 Å². The van der Waals surface area contributed by atoms with Gasteiger partial charge in [0.15, 0.2) is 0 Å². The first-order chi connectivity index (χ1) is 8.96. The molecule has 0 saturated heterocycles. The first-order valence-corrected chi connectivity index (χ1v) is 6.60. The quantitative estimate of drug-likeness (QED) is 0.830. The van der Waals surface area contributed by atoms with Gasteiger partial charge in [-0.25, -0.2) is 0 Å². The molecule has 19 heavy (non-hydrogen) atoms. The summed E-state index contributed by atoms with van der Waals surface area (Å²) in [7, 11) is 3.47. The fraction of sp³-hybridized carbons (Fsp3) is 0.533. The van der Waals surface area contributed by atoms with Gasteiger partial charge in [0.25, 0.3) is 5.91 Å². The summed E-state index contributed by atoms with van der Waals surface area (Å²) in [4.78, 5) is 12.2. The first kappa shape index (κ1) is 15.7. The zero-order chi connectivity index (χ0) is 14.5. The standard InChI is InChI=1S/C15H24N2O2/c1-6-15(3,19-5)14(18)17-13-9-7-8-12(10-13)11(2)16-4/h7-11,16H,6H2,1-5H3,(H,17,18). The van der Waals surface area contributed by atoms with Gasteiger partial charge in [-0.3, -0.25) is 4.79 Å². The molecule has 2 atom stereocenters. The molecule has 1 aromatic carbocycles. The van der Waals surface area contributed by atoms with Crippen molar-refractivity contribution in [2.45, 2.75) is 38.8 Å². The van der Waals surface area contributed by atoms with Gasteiger partial charge in [-0.2, -0.15) is 0 Å². The van der Waals surface area contributed by atoms with Crippen LogP contribution in [0.3, 0.4) is 0 Å². The highest BCUT2D eigenvalue weighted by molar-refractivity contribution is 5.97. The second-order valence-electron chi connectivity index (χ2n) is 4.88. The highest BCUT2D eigenvalue weighted by Gasteiger charge is 2.30. The summed E-state index contributed by atoms with van der Waals surface area (Å²) >= 11 is 0. The normalized spacial score (nSPS) is 15.6. The van der Waals surface area contributed by atoms with Crippen molar-refractivity contribution in [2.24, 2.45) is 0 Å². The van der Waals surface area contributed by atoms with E-state index in [1.165, 1.54) is 0 Å². The molecule has 0 heterocycles. The number of benzene rings is 1. The Hall–Kier alpha value is -1.39. The van der Waals surface area contributed by atoms with Crippen molar-refractivity contribution in [3.8, 4) is 0 Å². The number of nitrogens with one attached hydrogen (secondary N) is 2. The fourth-order valence-corrected chi connectivity index (χ4v) is 1.71. The van der Waals surface area contributed by atoms with Gasteiger partial charge in [-0.05, 0) is 45.0 Å². The number of carbonyl (C=O) groups is 1. The lowest BCUT2D eigenvalue weighted by atomic mass is 10.0. The molecule has 0 aliphatic carbocycles. The summed E-state index contributed by atoms with van der Waals surface area (Å²) < 4.78 is 5.30. The van der Waals surface area contributed by atoms with Crippen LogP contribution in [-0.4, -0.2) is 25.7 Å². The molecule has 1 amide bonds. The molecule has 4 nitrogen and oxygen atoms in total. The van der Waals surface area contributed by atoms with E-state index in [1.807, 2.05) is 38.2 Å². The van der Waals surface area contributed by atoms with Crippen molar-refractivity contribution in [1.29, 1.82) is 0 Å². The molecule has 106 valence electrons. The Morgan fingerprint density at radius 3 is 2.68 bits per heavy atom. The zero-order valence-electron chi connectivity index (χ0n) is 12.4. The Bertz CT molecular complexity index is 428. The van der Waals surface area contributed by atoms with Crippen molar-refractivity contribution in [3.63, 3.8) is 0 Å². The summed E-state index contributed by atoms with van der Waals surface area (Å²) in [6, 6.07) is 8.08. The summed E-state index contributed by atoms with van der Waals surface area (Å²) in [6.07, 6.45) is 0.627. The van der Waals surface area contributed by atoms with Crippen molar-refractivity contribution < 1.29 is 9.53 Å². The van der Waals surface area contributed by atoms with Crippen LogP contribution in [0.4, 0.5) is 5.69 Å². The predicted molar refractivity (Wildman–Crippen MR) is 78.3 cm³/mol. The number of rotatable bonds is 6. The molecular weight excluding hydrogens is 240 g/mol. The van der Waals surface area contributed by atoms with Gasteiger partial charge in [0, 0.05) is 18.8 Å². The van der Waals surface area contributed by atoms with Crippen LogP contribution < -0.4 is 10.6 Å². The molecule has 0 aliphatic rings. The summed E-state index contributed by atoms with van der Waals surface area (Å²) in [5.74, 6) is -0.119. The SMILES string of the molecule is CCC(C)(OC)C(=O)Nc1cccc(C(C)NC)c1. The largest absolute Gasteiger partial charge is 0.369 e. The van der Waals surface area contributed by atoms with Gasteiger partial charge < -0.3 is 15.4 Å². The van der Waals surface area contributed by atoms with Crippen molar-refractivity contribution >= 4 is 11.6 Å². The lowest BCUT2D eigenvalue weighted by Gasteiger charge is -2.25. The molecule has 0 fully saturated rings. The van der Waals surface area contributed by atoms with Crippen LogP contribution in [0.2, 0.25) is 0 Å². The number of ether oxygens (including phenoxy) is 1. The third kappa shape index (κ3) is 3.78. The van der Waals surface area contributed by atoms with Crippen molar-refractivity contribution in [2.75, 3.05) is 19.5 Å². The second kappa shape index (κ2) is 6.68. The van der Waals surface area contributed by atoms with Gasteiger partial charge in [-0.15, -0.1) is 0 Å². The highest BCUT2D eigenvalue weighted by atomic mass is 16.5. The Labute approximate surface area is 115 Å². The van der Waals surface area contributed by atoms with Crippen molar-refractivity contribution in [1.82, 2.24) is 5.32 Å². The second-order valence-corrected chi connectivity index (χ2v) is 4.88. The van der Waals surface area contributed by atoms with Gasteiger partial charge in [0.1, 0.15) is 5.60 Å². The lowest BCUT2D eigenvalue weighted by molar-refractivity contribution is -0.136. The van der Waals surface area contributed by atoms with E-state index in [0.29, 0.717) is 6.42 Å². The molecule has 1 aromatic rings. The van der Waals surface area contributed by atoms with Gasteiger partial charge in [0.2, 0.25) is 0 Å². The summed E-state index contributed by atoms with van der Waals surface area (Å²) in [6.45, 7) is 5.80. The van der Waals surface area contributed by atoms with Crippen LogP contribution >= 0.6 is 0 Å². The third-order valence-corrected chi connectivity index (χ3v) is 3.68. The Morgan fingerprint density at radius 1 is 1.47 bits per heavy atom. The van der Waals surface area contributed by atoms with E-state index in [2.05, 4.69) is 17.6 Å². The predicted octanol–water partition coefficient (Wildman–Crippen LogP) is 2.72. The maximum atomic E-state index is 12.2. The van der Waals surface area contributed by atoms with E-state index in [-0.39, 0.29) is 11.9 Å². The van der Waals surface area contributed by atoms with E-state index in [0.717, 1.165) is 11.3 Å². The maximum Gasteiger partial charge on any atom is 0.256 e. The third-order valence-electron chi connectivity index (χ3n) is 3.68. The Balaban J connectivity index is 2.85.